The van der Waals surface area contributed by atoms with Crippen LogP contribution in [0.3, 0.4) is 0 Å². The molecule has 0 saturated heterocycles. The molecule has 0 N–H and O–H groups in total. The third-order valence-corrected chi connectivity index (χ3v) is 11.3. The van der Waals surface area contributed by atoms with Crippen LogP contribution in [-0.4, -0.2) is 12.1 Å². The zero-order valence-corrected chi connectivity index (χ0v) is 23.3. The summed E-state index contributed by atoms with van der Waals surface area (Å²) in [6.45, 7) is 14.7. The number of allylic oxidation sites excluding steroid dienone is 1. The lowest BCUT2D eigenvalue weighted by atomic mass is 9.47. The fourth-order valence-corrected chi connectivity index (χ4v) is 9.32. The highest BCUT2D eigenvalue weighted by Crippen LogP contribution is 2.67. The van der Waals surface area contributed by atoms with Crippen molar-refractivity contribution in [2.24, 2.45) is 46.3 Å². The third kappa shape index (κ3) is 5.04. The zero-order valence-electron chi connectivity index (χ0n) is 23.3. The maximum Gasteiger partial charge on any atom is 0.306 e. The highest BCUT2D eigenvalue weighted by atomic mass is 16.5. The van der Waals surface area contributed by atoms with Gasteiger partial charge in [-0.3, -0.25) is 4.79 Å². The Balaban J connectivity index is 1.41. The largest absolute Gasteiger partial charge is 0.462 e. The number of unbranched alkanes of at least 4 members (excludes halogenated alkanes) is 1. The number of fused-ring (bicyclic) bond motifs is 5. The Morgan fingerprint density at radius 1 is 1.03 bits per heavy atom. The Labute approximate surface area is 211 Å². The van der Waals surface area contributed by atoms with E-state index >= 15 is 0 Å². The van der Waals surface area contributed by atoms with Gasteiger partial charge in [0.15, 0.2) is 0 Å². The summed E-state index contributed by atoms with van der Waals surface area (Å²) in [6.07, 6.45) is 19.9. The monoisotopic (exact) mass is 470 g/mol. The van der Waals surface area contributed by atoms with Gasteiger partial charge in [-0.2, -0.15) is 0 Å². The van der Waals surface area contributed by atoms with Gasteiger partial charge in [0, 0.05) is 12.8 Å². The molecule has 8 atom stereocenters. The van der Waals surface area contributed by atoms with Crippen molar-refractivity contribution in [3.05, 3.63) is 11.6 Å². The highest BCUT2D eigenvalue weighted by molar-refractivity contribution is 5.69. The van der Waals surface area contributed by atoms with Gasteiger partial charge < -0.3 is 4.74 Å². The molecule has 0 unspecified atom stereocenters. The molecule has 34 heavy (non-hydrogen) atoms. The minimum atomic E-state index is 0.0256. The number of hydrogen-bond acceptors (Lipinski definition) is 2. The fourth-order valence-electron chi connectivity index (χ4n) is 9.32. The van der Waals surface area contributed by atoms with Crippen LogP contribution in [0.1, 0.15) is 131 Å². The molecule has 0 aromatic carbocycles. The van der Waals surface area contributed by atoms with Gasteiger partial charge in [0.05, 0.1) is 0 Å². The van der Waals surface area contributed by atoms with Crippen LogP contribution in [0.15, 0.2) is 11.6 Å². The van der Waals surface area contributed by atoms with E-state index < -0.39 is 0 Å². The van der Waals surface area contributed by atoms with Gasteiger partial charge in [0.1, 0.15) is 6.10 Å². The Morgan fingerprint density at radius 2 is 1.82 bits per heavy atom. The first kappa shape index (κ1) is 26.3. The molecule has 0 aromatic heterocycles. The highest BCUT2D eigenvalue weighted by Gasteiger charge is 2.59. The molecule has 4 aliphatic rings. The standard InChI is InChI=1S/C32H54O2/c1-7-8-12-30(33)34-25-17-19-31(5)24(21-25)13-14-26-28-16-15-27(23(4)11-9-10-22(2)3)32(28,6)20-18-29(26)31/h13,22-23,25-29H,7-12,14-21H2,1-6H3/t23-,25+,26-,27-,28-,29-,31+,32+/m1/s1. The number of carbonyl (C=O) groups excluding carboxylic acids is 1. The minimum absolute atomic E-state index is 0.0256. The molecule has 0 aromatic rings. The molecule has 0 bridgehead atoms. The van der Waals surface area contributed by atoms with Crippen LogP contribution in [0.2, 0.25) is 0 Å². The predicted molar refractivity (Wildman–Crippen MR) is 142 cm³/mol. The van der Waals surface area contributed by atoms with Crippen LogP contribution in [0.25, 0.3) is 0 Å². The van der Waals surface area contributed by atoms with Crippen LogP contribution in [-0.2, 0) is 9.53 Å². The number of carbonyl (C=O) groups is 1. The summed E-state index contributed by atoms with van der Waals surface area (Å²) in [5, 5.41) is 0. The lowest BCUT2D eigenvalue weighted by molar-refractivity contribution is -0.151. The van der Waals surface area contributed by atoms with E-state index in [0.29, 0.717) is 17.3 Å². The fraction of sp³-hybridized carbons (Fsp3) is 0.906. The van der Waals surface area contributed by atoms with Crippen molar-refractivity contribution in [2.45, 2.75) is 138 Å². The van der Waals surface area contributed by atoms with E-state index in [1.54, 1.807) is 5.57 Å². The molecule has 194 valence electrons. The lowest BCUT2D eigenvalue weighted by Gasteiger charge is -2.58. The predicted octanol–water partition coefficient (Wildman–Crippen LogP) is 9.13. The van der Waals surface area contributed by atoms with Gasteiger partial charge in [-0.05, 0) is 97.7 Å². The van der Waals surface area contributed by atoms with Gasteiger partial charge >= 0.3 is 5.97 Å². The molecule has 2 heteroatoms. The molecule has 3 saturated carbocycles. The maximum atomic E-state index is 12.2. The lowest BCUT2D eigenvalue weighted by Crippen LogP contribution is -2.51. The number of rotatable bonds is 9. The summed E-state index contributed by atoms with van der Waals surface area (Å²) in [7, 11) is 0. The minimum Gasteiger partial charge on any atom is -0.462 e. The molecule has 0 radical (unpaired) electrons. The molecular formula is C32H54O2. The SMILES string of the molecule is CCCCC(=O)O[C@H]1CC[C@@]2(C)C(=CC[C@@H]3[C@H]4CC[C@H]([C@H](C)CCCC(C)C)[C@]4(C)CC[C@H]32)C1. The van der Waals surface area contributed by atoms with Crippen molar-refractivity contribution in [1.29, 1.82) is 0 Å². The average molecular weight is 471 g/mol. The van der Waals surface area contributed by atoms with Crippen LogP contribution >= 0.6 is 0 Å². The van der Waals surface area contributed by atoms with Crippen molar-refractivity contribution < 1.29 is 9.53 Å². The van der Waals surface area contributed by atoms with Crippen LogP contribution in [0, 0.1) is 46.3 Å². The van der Waals surface area contributed by atoms with Gasteiger partial charge in [0.25, 0.3) is 0 Å². The first-order chi connectivity index (χ1) is 16.2. The van der Waals surface area contributed by atoms with E-state index in [4.69, 9.17) is 4.74 Å². The second kappa shape index (κ2) is 10.7. The second-order valence-corrected chi connectivity index (χ2v) is 13.7. The van der Waals surface area contributed by atoms with Gasteiger partial charge in [-0.15, -0.1) is 0 Å². The summed E-state index contributed by atoms with van der Waals surface area (Å²) in [5.41, 5.74) is 2.54. The van der Waals surface area contributed by atoms with E-state index in [0.717, 1.165) is 61.2 Å². The summed E-state index contributed by atoms with van der Waals surface area (Å²) in [6, 6.07) is 0. The van der Waals surface area contributed by atoms with Gasteiger partial charge in [0.2, 0.25) is 0 Å². The topological polar surface area (TPSA) is 26.3 Å². The molecular weight excluding hydrogens is 416 g/mol. The molecule has 2 nitrogen and oxygen atoms in total. The molecule has 4 aliphatic carbocycles. The van der Waals surface area contributed by atoms with Crippen LogP contribution < -0.4 is 0 Å². The van der Waals surface area contributed by atoms with Crippen molar-refractivity contribution in [1.82, 2.24) is 0 Å². The number of esters is 1. The molecule has 0 heterocycles. The van der Waals surface area contributed by atoms with E-state index in [1.165, 1.54) is 57.8 Å². The van der Waals surface area contributed by atoms with Crippen LogP contribution in [0.4, 0.5) is 0 Å². The molecule has 0 aliphatic heterocycles. The second-order valence-electron chi connectivity index (χ2n) is 13.7. The van der Waals surface area contributed by atoms with Gasteiger partial charge in [-0.25, -0.2) is 0 Å². The van der Waals surface area contributed by atoms with Gasteiger partial charge in [-0.1, -0.05) is 78.9 Å². The molecule has 3 fully saturated rings. The van der Waals surface area contributed by atoms with E-state index in [2.05, 4.69) is 47.6 Å². The van der Waals surface area contributed by atoms with Crippen LogP contribution in [0.5, 0.6) is 0 Å². The van der Waals surface area contributed by atoms with Crippen molar-refractivity contribution in [2.75, 3.05) is 0 Å². The zero-order chi connectivity index (χ0) is 24.5. The smallest absolute Gasteiger partial charge is 0.306 e. The third-order valence-electron chi connectivity index (χ3n) is 11.3. The van der Waals surface area contributed by atoms with Crippen molar-refractivity contribution in [3.8, 4) is 0 Å². The summed E-state index contributed by atoms with van der Waals surface area (Å²) in [4.78, 5) is 12.2. The molecule has 0 spiro atoms. The summed E-state index contributed by atoms with van der Waals surface area (Å²) >= 11 is 0. The first-order valence-electron chi connectivity index (χ1n) is 15.1. The van der Waals surface area contributed by atoms with Crippen molar-refractivity contribution in [3.63, 3.8) is 0 Å². The number of ether oxygens (including phenoxy) is 1. The van der Waals surface area contributed by atoms with E-state index in [1.807, 2.05) is 0 Å². The number of hydrogen-bond donors (Lipinski definition) is 0. The Bertz CT molecular complexity index is 737. The Morgan fingerprint density at radius 3 is 2.56 bits per heavy atom. The quantitative estimate of drug-likeness (QED) is 0.248. The first-order valence-corrected chi connectivity index (χ1v) is 15.1. The average Bonchev–Trinajstić information content (AvgIpc) is 3.15. The van der Waals surface area contributed by atoms with E-state index in [9.17, 15) is 4.79 Å². The van der Waals surface area contributed by atoms with Crippen molar-refractivity contribution >= 4 is 5.97 Å². The summed E-state index contributed by atoms with van der Waals surface area (Å²) < 4.78 is 5.92. The summed E-state index contributed by atoms with van der Waals surface area (Å²) in [5.74, 6) is 5.32. The molecule has 4 rings (SSSR count). The normalized spacial score (nSPS) is 40.2. The Hall–Kier alpha value is -0.790. The Kier molecular flexibility index (Phi) is 8.25. The molecule has 0 amide bonds. The maximum absolute atomic E-state index is 12.2. The van der Waals surface area contributed by atoms with E-state index in [-0.39, 0.29) is 12.1 Å².